The zero-order valence-corrected chi connectivity index (χ0v) is 31.7. The van der Waals surface area contributed by atoms with Crippen molar-refractivity contribution in [3.8, 4) is 0 Å². The van der Waals surface area contributed by atoms with Crippen molar-refractivity contribution in [2.45, 2.75) is 148 Å². The zero-order valence-electron chi connectivity index (χ0n) is 31.7. The summed E-state index contributed by atoms with van der Waals surface area (Å²) in [6, 6.07) is 8.34. The van der Waals surface area contributed by atoms with E-state index in [0.717, 1.165) is 68.2 Å². The summed E-state index contributed by atoms with van der Waals surface area (Å²) in [5.74, 6) is 0.298. The van der Waals surface area contributed by atoms with Crippen LogP contribution in [0, 0.1) is 20.8 Å². The molecule has 8 heteroatoms. The molecule has 2 saturated carbocycles. The molecule has 2 aliphatic carbocycles. The minimum Gasteiger partial charge on any atom is -0.379 e. The molecular formula is C42H65N5O3. The first-order valence-corrected chi connectivity index (χ1v) is 20.2. The van der Waals surface area contributed by atoms with Crippen molar-refractivity contribution in [3.63, 3.8) is 0 Å². The number of hydrogen-bond donors (Lipinski definition) is 2. The van der Waals surface area contributed by atoms with E-state index in [2.05, 4.69) is 51.1 Å². The fraction of sp³-hybridized carbons (Fsp3) is 0.714. The number of pyridine rings is 1. The van der Waals surface area contributed by atoms with Crippen LogP contribution in [0.3, 0.4) is 0 Å². The molecule has 2 saturated heterocycles. The van der Waals surface area contributed by atoms with Crippen LogP contribution >= 0.6 is 0 Å². The second-order valence-corrected chi connectivity index (χ2v) is 16.1. The Morgan fingerprint density at radius 2 is 1.54 bits per heavy atom. The first-order chi connectivity index (χ1) is 24.3. The summed E-state index contributed by atoms with van der Waals surface area (Å²) in [5.41, 5.74) is 6.55. The number of amides is 1. The van der Waals surface area contributed by atoms with Gasteiger partial charge in [0.25, 0.3) is 11.5 Å². The summed E-state index contributed by atoms with van der Waals surface area (Å²) < 4.78 is 5.72. The SMILES string of the molecule is Cc1cc(C)c(CNC(=O)c2cc(C3CCC(CN4CCOCC4)N(C4CCCCCCCCC4)C3)cc(N(C)C3CCCC3)c2C)c(=O)[nH]1. The summed E-state index contributed by atoms with van der Waals surface area (Å²) in [6.07, 6.45) is 19.5. The van der Waals surface area contributed by atoms with Crippen molar-refractivity contribution in [2.24, 2.45) is 0 Å². The molecule has 2 unspecified atom stereocenters. The monoisotopic (exact) mass is 688 g/mol. The van der Waals surface area contributed by atoms with Crippen LogP contribution < -0.4 is 15.8 Å². The maximum Gasteiger partial charge on any atom is 0.253 e. The Balaban J connectivity index is 1.29. The number of piperidine rings is 1. The molecule has 1 aromatic carbocycles. The van der Waals surface area contributed by atoms with Crippen LogP contribution in [-0.2, 0) is 11.3 Å². The van der Waals surface area contributed by atoms with Gasteiger partial charge in [-0.05, 0) is 100 Å². The third kappa shape index (κ3) is 9.21. The molecule has 6 rings (SSSR count). The Hall–Kier alpha value is -2.68. The minimum absolute atomic E-state index is 0.0880. The number of carbonyl (C=O) groups excluding carboxylic acids is 1. The summed E-state index contributed by atoms with van der Waals surface area (Å²) in [7, 11) is 2.24. The van der Waals surface area contributed by atoms with Crippen LogP contribution in [0.15, 0.2) is 23.0 Å². The Morgan fingerprint density at radius 1 is 0.880 bits per heavy atom. The Labute approximate surface area is 301 Å². The van der Waals surface area contributed by atoms with Gasteiger partial charge in [-0.2, -0.15) is 0 Å². The number of aromatic amines is 1. The van der Waals surface area contributed by atoms with Crippen molar-refractivity contribution in [3.05, 3.63) is 62.1 Å². The number of H-pyrrole nitrogens is 1. The summed E-state index contributed by atoms with van der Waals surface area (Å²) in [5, 5.41) is 3.16. The number of hydrogen-bond acceptors (Lipinski definition) is 6. The molecule has 0 bridgehead atoms. The van der Waals surface area contributed by atoms with Gasteiger partial charge < -0.3 is 19.9 Å². The summed E-state index contributed by atoms with van der Waals surface area (Å²) >= 11 is 0. The van der Waals surface area contributed by atoms with E-state index >= 15 is 0 Å². The van der Waals surface area contributed by atoms with Gasteiger partial charge in [-0.25, -0.2) is 0 Å². The number of likely N-dealkylation sites (tertiary alicyclic amines) is 1. The number of ether oxygens (including phenoxy) is 1. The number of benzene rings is 1. The maximum absolute atomic E-state index is 14.1. The van der Waals surface area contributed by atoms with Crippen LogP contribution in [0.25, 0.3) is 0 Å². The lowest BCUT2D eigenvalue weighted by Crippen LogP contribution is -2.54. The standard InChI is InChI=1S/C42H65N5O3/c1-30-24-31(2)44-42(49)39(30)27-43-41(48)38-25-34(26-40(32(38)3)45(4)35-14-12-13-15-35)33-18-19-37(29-46-20-22-50-23-21-46)47(28-33)36-16-10-8-6-5-7-9-11-17-36/h24-26,33,35-37H,5-23,27-29H2,1-4H3,(H,43,48)(H,44,49). The molecule has 4 aliphatic rings. The number of nitrogens with one attached hydrogen (secondary N) is 2. The normalized spacial score (nSPS) is 23.9. The van der Waals surface area contributed by atoms with Crippen molar-refractivity contribution in [2.75, 3.05) is 51.3 Å². The first-order valence-electron chi connectivity index (χ1n) is 20.2. The van der Waals surface area contributed by atoms with Crippen LogP contribution in [0.2, 0.25) is 0 Å². The number of aryl methyl sites for hydroxylation is 2. The molecule has 0 radical (unpaired) electrons. The number of anilines is 1. The molecule has 1 amide bonds. The highest BCUT2D eigenvalue weighted by Crippen LogP contribution is 2.39. The van der Waals surface area contributed by atoms with Gasteiger partial charge in [-0.1, -0.05) is 57.8 Å². The van der Waals surface area contributed by atoms with E-state index in [-0.39, 0.29) is 18.0 Å². The fourth-order valence-corrected chi connectivity index (χ4v) is 9.58. The van der Waals surface area contributed by atoms with Gasteiger partial charge in [0.05, 0.1) is 13.2 Å². The van der Waals surface area contributed by atoms with Crippen molar-refractivity contribution < 1.29 is 9.53 Å². The molecule has 3 heterocycles. The summed E-state index contributed by atoms with van der Waals surface area (Å²) in [6.45, 7) is 12.2. The lowest BCUT2D eigenvalue weighted by molar-refractivity contribution is 0.00159. The second-order valence-electron chi connectivity index (χ2n) is 16.1. The van der Waals surface area contributed by atoms with Gasteiger partial charge in [0.1, 0.15) is 0 Å². The Kier molecular flexibility index (Phi) is 13.1. The van der Waals surface area contributed by atoms with Gasteiger partial charge in [-0.15, -0.1) is 0 Å². The number of rotatable bonds is 9. The van der Waals surface area contributed by atoms with Crippen LogP contribution in [-0.4, -0.2) is 85.3 Å². The molecule has 8 nitrogen and oxygen atoms in total. The summed E-state index contributed by atoms with van der Waals surface area (Å²) in [4.78, 5) is 37.9. The molecule has 2 aromatic rings. The molecule has 4 fully saturated rings. The molecular weight excluding hydrogens is 622 g/mol. The van der Waals surface area contributed by atoms with E-state index in [4.69, 9.17) is 4.74 Å². The van der Waals surface area contributed by atoms with Crippen molar-refractivity contribution in [1.82, 2.24) is 20.1 Å². The van der Waals surface area contributed by atoms with E-state index in [0.29, 0.717) is 29.6 Å². The quantitative estimate of drug-likeness (QED) is 0.287. The van der Waals surface area contributed by atoms with Gasteiger partial charge >= 0.3 is 0 Å². The van der Waals surface area contributed by atoms with Gasteiger partial charge in [0.15, 0.2) is 0 Å². The molecule has 276 valence electrons. The van der Waals surface area contributed by atoms with Gasteiger partial charge in [-0.3, -0.25) is 19.4 Å². The Morgan fingerprint density at radius 3 is 2.22 bits per heavy atom. The minimum atomic E-state index is -0.121. The highest BCUT2D eigenvalue weighted by molar-refractivity contribution is 5.97. The van der Waals surface area contributed by atoms with Crippen molar-refractivity contribution >= 4 is 11.6 Å². The molecule has 50 heavy (non-hydrogen) atoms. The van der Waals surface area contributed by atoms with E-state index in [1.807, 2.05) is 19.9 Å². The first kappa shape index (κ1) is 37.1. The number of morpholine rings is 1. The zero-order chi connectivity index (χ0) is 35.0. The highest BCUT2D eigenvalue weighted by atomic mass is 16.5. The van der Waals surface area contributed by atoms with Crippen molar-refractivity contribution in [1.29, 1.82) is 0 Å². The number of carbonyl (C=O) groups is 1. The predicted molar refractivity (Wildman–Crippen MR) is 205 cm³/mol. The second kappa shape index (κ2) is 17.7. The van der Waals surface area contributed by atoms with E-state index in [1.54, 1.807) is 0 Å². The van der Waals surface area contributed by atoms with Crippen LogP contribution in [0.4, 0.5) is 5.69 Å². The van der Waals surface area contributed by atoms with Gasteiger partial charge in [0.2, 0.25) is 0 Å². The smallest absolute Gasteiger partial charge is 0.253 e. The largest absolute Gasteiger partial charge is 0.379 e. The Bertz CT molecular complexity index is 1460. The molecule has 2 N–H and O–H groups in total. The average Bonchev–Trinajstić information content (AvgIpc) is 3.66. The number of nitrogens with zero attached hydrogens (tertiary/aromatic N) is 3. The highest BCUT2D eigenvalue weighted by Gasteiger charge is 2.36. The average molecular weight is 688 g/mol. The maximum atomic E-state index is 14.1. The predicted octanol–water partition coefficient (Wildman–Crippen LogP) is 7.38. The number of aromatic nitrogens is 1. The lowest BCUT2D eigenvalue weighted by atomic mass is 9.83. The molecule has 2 aliphatic heterocycles. The third-order valence-corrected chi connectivity index (χ3v) is 12.7. The van der Waals surface area contributed by atoms with Gasteiger partial charge in [0, 0.05) is 80.4 Å². The van der Waals surface area contributed by atoms with Crippen LogP contribution in [0.5, 0.6) is 0 Å². The molecule has 1 aromatic heterocycles. The molecule has 2 atom stereocenters. The topological polar surface area (TPSA) is 80.9 Å². The van der Waals surface area contributed by atoms with E-state index in [9.17, 15) is 9.59 Å². The fourth-order valence-electron chi connectivity index (χ4n) is 9.58. The molecule has 0 spiro atoms. The third-order valence-electron chi connectivity index (χ3n) is 12.7. The van der Waals surface area contributed by atoms with E-state index < -0.39 is 0 Å². The van der Waals surface area contributed by atoms with Crippen LogP contribution in [0.1, 0.15) is 141 Å². The van der Waals surface area contributed by atoms with E-state index in [1.165, 1.54) is 101 Å². The lowest BCUT2D eigenvalue weighted by Gasteiger charge is -2.47.